The Morgan fingerprint density at radius 1 is 1.15 bits per heavy atom. The van der Waals surface area contributed by atoms with Crippen LogP contribution in [0.15, 0.2) is 40.7 Å². The van der Waals surface area contributed by atoms with Crippen LogP contribution in [0.4, 0.5) is 0 Å². The summed E-state index contributed by atoms with van der Waals surface area (Å²) in [5, 5.41) is 3.26. The van der Waals surface area contributed by atoms with Gasteiger partial charge < -0.3 is 24.3 Å². The molecule has 1 heterocycles. The largest absolute Gasteiger partial charge is 0.493 e. The lowest BCUT2D eigenvalue weighted by atomic mass is 9.69. The van der Waals surface area contributed by atoms with Crippen LogP contribution in [-0.4, -0.2) is 45.2 Å². The summed E-state index contributed by atoms with van der Waals surface area (Å²) in [7, 11) is 4.33. The molecule has 1 aromatic rings. The molecule has 4 atom stereocenters. The normalized spacial score (nSPS) is 23.0. The van der Waals surface area contributed by atoms with Crippen molar-refractivity contribution >= 4 is 17.7 Å². The molecule has 8 nitrogen and oxygen atoms in total. The van der Waals surface area contributed by atoms with Crippen LogP contribution < -0.4 is 14.8 Å². The van der Waals surface area contributed by atoms with Gasteiger partial charge in [0, 0.05) is 22.9 Å². The van der Waals surface area contributed by atoms with E-state index in [1.165, 1.54) is 21.3 Å². The quantitative estimate of drug-likeness (QED) is 0.475. The molecule has 0 fully saturated rings. The molecule has 0 spiro atoms. The smallest absolute Gasteiger partial charge is 0.337 e. The van der Waals surface area contributed by atoms with Crippen LogP contribution in [0.5, 0.6) is 11.5 Å². The number of ketones is 1. The Balaban J connectivity index is 2.21. The third kappa shape index (κ3) is 4.54. The predicted molar refractivity (Wildman–Crippen MR) is 125 cm³/mol. The van der Waals surface area contributed by atoms with Gasteiger partial charge in [0.2, 0.25) is 0 Å². The van der Waals surface area contributed by atoms with Gasteiger partial charge in [-0.3, -0.25) is 9.59 Å². The van der Waals surface area contributed by atoms with Crippen molar-refractivity contribution in [3.63, 3.8) is 0 Å². The zero-order valence-corrected chi connectivity index (χ0v) is 20.8. The SMILES string of the molecule is CC[C@@H](C)OC(=O)C1=C(C)NC2=C(C(=O)[C@H](C(=O)OC)[C@@H](C)C2)[C@@H]1c1ccc(OC)c(OC)c1. The first-order valence-corrected chi connectivity index (χ1v) is 11.4. The maximum Gasteiger partial charge on any atom is 0.337 e. The molecule has 0 bridgehead atoms. The van der Waals surface area contributed by atoms with Crippen molar-refractivity contribution < 1.29 is 33.3 Å². The second-order valence-corrected chi connectivity index (χ2v) is 8.77. The van der Waals surface area contributed by atoms with Crippen LogP contribution in [0.1, 0.15) is 52.0 Å². The number of carbonyl (C=O) groups excluding carboxylic acids is 3. The van der Waals surface area contributed by atoms with Gasteiger partial charge in [-0.2, -0.15) is 0 Å². The lowest BCUT2D eigenvalue weighted by Crippen LogP contribution is -2.43. The number of Topliss-reactive ketones (excluding diaryl/α,β-unsaturated/α-hetero) is 1. The maximum absolute atomic E-state index is 13.8. The Kier molecular flexibility index (Phi) is 7.69. The van der Waals surface area contributed by atoms with Crippen LogP contribution >= 0.6 is 0 Å². The van der Waals surface area contributed by atoms with E-state index in [0.717, 1.165) is 0 Å². The number of rotatable bonds is 7. The molecule has 1 aliphatic heterocycles. The monoisotopic (exact) mass is 471 g/mol. The zero-order valence-electron chi connectivity index (χ0n) is 20.8. The van der Waals surface area contributed by atoms with Gasteiger partial charge in [0.15, 0.2) is 17.3 Å². The minimum atomic E-state index is -0.946. The van der Waals surface area contributed by atoms with E-state index in [1.54, 1.807) is 25.1 Å². The lowest BCUT2D eigenvalue weighted by molar-refractivity contribution is -0.151. The van der Waals surface area contributed by atoms with Crippen molar-refractivity contribution in [1.82, 2.24) is 5.32 Å². The van der Waals surface area contributed by atoms with Crippen molar-refractivity contribution in [2.24, 2.45) is 11.8 Å². The van der Waals surface area contributed by atoms with E-state index in [2.05, 4.69) is 5.32 Å². The van der Waals surface area contributed by atoms with Crippen molar-refractivity contribution in [1.29, 1.82) is 0 Å². The maximum atomic E-state index is 13.8. The number of methoxy groups -OCH3 is 3. The van der Waals surface area contributed by atoms with Crippen molar-refractivity contribution in [2.75, 3.05) is 21.3 Å². The second kappa shape index (κ2) is 10.3. The van der Waals surface area contributed by atoms with Gasteiger partial charge in [0.05, 0.1) is 33.0 Å². The summed E-state index contributed by atoms with van der Waals surface area (Å²) < 4.78 is 21.5. The molecule has 0 aromatic heterocycles. The third-order valence-electron chi connectivity index (χ3n) is 6.59. The molecular weight excluding hydrogens is 438 g/mol. The number of benzene rings is 1. The molecule has 34 heavy (non-hydrogen) atoms. The fraction of sp³-hybridized carbons (Fsp3) is 0.500. The first-order valence-electron chi connectivity index (χ1n) is 11.4. The fourth-order valence-corrected chi connectivity index (χ4v) is 4.65. The summed E-state index contributed by atoms with van der Waals surface area (Å²) in [6.45, 7) is 7.40. The Hall–Kier alpha value is -3.29. The van der Waals surface area contributed by atoms with Crippen molar-refractivity contribution in [3.8, 4) is 11.5 Å². The summed E-state index contributed by atoms with van der Waals surface area (Å²) in [6.07, 6.45) is 0.830. The zero-order chi connectivity index (χ0) is 25.2. The molecule has 184 valence electrons. The van der Waals surface area contributed by atoms with E-state index in [9.17, 15) is 14.4 Å². The van der Waals surface area contributed by atoms with Gasteiger partial charge in [0.1, 0.15) is 5.92 Å². The molecule has 3 rings (SSSR count). The van der Waals surface area contributed by atoms with Crippen LogP contribution in [-0.2, 0) is 23.9 Å². The van der Waals surface area contributed by atoms with Crippen LogP contribution in [0.3, 0.4) is 0 Å². The van der Waals surface area contributed by atoms with Gasteiger partial charge >= 0.3 is 11.9 Å². The number of dihydropyridines is 1. The Morgan fingerprint density at radius 2 is 1.82 bits per heavy atom. The Labute approximate surface area is 200 Å². The van der Waals surface area contributed by atoms with Gasteiger partial charge in [-0.25, -0.2) is 4.79 Å². The summed E-state index contributed by atoms with van der Waals surface area (Å²) in [5.41, 5.74) is 2.69. The summed E-state index contributed by atoms with van der Waals surface area (Å²) >= 11 is 0. The predicted octanol–water partition coefficient (Wildman–Crippen LogP) is 3.66. The minimum absolute atomic E-state index is 0.251. The van der Waals surface area contributed by atoms with Crippen molar-refractivity contribution in [3.05, 3.63) is 46.3 Å². The van der Waals surface area contributed by atoms with Gasteiger partial charge in [0.25, 0.3) is 0 Å². The number of hydrogen-bond acceptors (Lipinski definition) is 8. The minimum Gasteiger partial charge on any atom is -0.493 e. The van der Waals surface area contributed by atoms with Crippen molar-refractivity contribution in [2.45, 2.75) is 52.6 Å². The topological polar surface area (TPSA) is 100 Å². The highest BCUT2D eigenvalue weighted by atomic mass is 16.5. The first-order chi connectivity index (χ1) is 16.2. The van der Waals surface area contributed by atoms with E-state index >= 15 is 0 Å². The lowest BCUT2D eigenvalue weighted by Gasteiger charge is -2.38. The first kappa shape index (κ1) is 25.3. The molecule has 0 amide bonds. The van der Waals surface area contributed by atoms with E-state index in [0.29, 0.717) is 52.4 Å². The van der Waals surface area contributed by atoms with Crippen LogP contribution in [0, 0.1) is 11.8 Å². The van der Waals surface area contributed by atoms with Gasteiger partial charge in [-0.15, -0.1) is 0 Å². The van der Waals surface area contributed by atoms with E-state index in [1.807, 2.05) is 20.8 Å². The fourth-order valence-electron chi connectivity index (χ4n) is 4.65. The summed E-state index contributed by atoms with van der Waals surface area (Å²) in [6, 6.07) is 5.28. The van der Waals surface area contributed by atoms with E-state index < -0.39 is 23.8 Å². The number of hydrogen-bond donors (Lipinski definition) is 1. The molecule has 0 unspecified atom stereocenters. The van der Waals surface area contributed by atoms with Gasteiger partial charge in [-0.1, -0.05) is 19.9 Å². The molecule has 2 aliphatic rings. The molecule has 1 aliphatic carbocycles. The average Bonchev–Trinajstić information content (AvgIpc) is 2.82. The summed E-state index contributed by atoms with van der Waals surface area (Å²) in [5.74, 6) is -2.38. The molecular formula is C26H33NO7. The standard InChI is InChI=1S/C26H33NO7/c1-8-14(3)34-26(30)21-15(4)27-17-11-13(2)20(25(29)33-7)24(28)23(17)22(21)16-9-10-18(31-5)19(12-16)32-6/h9-10,12-14,20,22,27H,8,11H2,1-7H3/t13-,14+,20+,22+/m0/s1. The molecule has 1 aromatic carbocycles. The highest BCUT2D eigenvalue weighted by Gasteiger charge is 2.47. The Bertz CT molecular complexity index is 1060. The second-order valence-electron chi connectivity index (χ2n) is 8.77. The highest BCUT2D eigenvalue weighted by Crippen LogP contribution is 2.46. The average molecular weight is 472 g/mol. The molecule has 0 radical (unpaired) electrons. The number of allylic oxidation sites excluding steroid dienone is 3. The third-order valence-corrected chi connectivity index (χ3v) is 6.59. The number of esters is 2. The van der Waals surface area contributed by atoms with Gasteiger partial charge in [-0.05, 0) is 50.3 Å². The number of carbonyl (C=O) groups is 3. The number of ether oxygens (including phenoxy) is 4. The van der Waals surface area contributed by atoms with E-state index in [-0.39, 0.29) is 17.8 Å². The Morgan fingerprint density at radius 3 is 2.41 bits per heavy atom. The number of nitrogens with one attached hydrogen (secondary N) is 1. The molecule has 0 saturated carbocycles. The van der Waals surface area contributed by atoms with Crippen LogP contribution in [0.2, 0.25) is 0 Å². The molecule has 1 N–H and O–H groups in total. The highest BCUT2D eigenvalue weighted by molar-refractivity contribution is 6.12. The van der Waals surface area contributed by atoms with Crippen LogP contribution in [0.25, 0.3) is 0 Å². The molecule has 0 saturated heterocycles. The van der Waals surface area contributed by atoms with E-state index in [4.69, 9.17) is 18.9 Å². The molecule has 8 heteroatoms. The summed E-state index contributed by atoms with van der Waals surface area (Å²) in [4.78, 5) is 39.6.